The molecule has 4 heterocycles. The van der Waals surface area contributed by atoms with Crippen LogP contribution >= 0.6 is 0 Å². The number of nitrogens with zero attached hydrogens (tertiary/aromatic N) is 5. The van der Waals surface area contributed by atoms with E-state index in [1.54, 1.807) is 18.0 Å². The van der Waals surface area contributed by atoms with Crippen LogP contribution in [-0.4, -0.2) is 62.1 Å². The van der Waals surface area contributed by atoms with E-state index in [-0.39, 0.29) is 29.6 Å². The van der Waals surface area contributed by atoms with Crippen LogP contribution < -0.4 is 4.90 Å². The number of rotatable bonds is 2. The maximum atomic E-state index is 13.4. The molecule has 2 bridgehead atoms. The number of aromatic nitrogens is 2. The topological polar surface area (TPSA) is 78.8 Å². The molecule has 3 fully saturated rings. The van der Waals surface area contributed by atoms with Gasteiger partial charge in [-0.3, -0.25) is 14.3 Å². The summed E-state index contributed by atoms with van der Waals surface area (Å²) in [5.41, 5.74) is -0.180. The fraction of sp³-hybridized carbons (Fsp3) is 0.478. The van der Waals surface area contributed by atoms with Crippen LogP contribution in [0.25, 0.3) is 0 Å². The van der Waals surface area contributed by atoms with Crippen molar-refractivity contribution in [2.24, 2.45) is 7.05 Å². The number of imide groups is 1. The van der Waals surface area contributed by atoms with Crippen molar-refractivity contribution >= 4 is 23.5 Å². The molecule has 11 heteroatoms. The minimum absolute atomic E-state index is 0.127. The first-order chi connectivity index (χ1) is 15.8. The molecule has 0 radical (unpaired) electrons. The zero-order chi connectivity index (χ0) is 24.7. The average Bonchev–Trinajstić information content (AvgIpc) is 3.48. The smallest absolute Gasteiger partial charge is 0.330 e. The lowest BCUT2D eigenvalue weighted by Crippen LogP contribution is -2.55. The van der Waals surface area contributed by atoms with Gasteiger partial charge in [0.15, 0.2) is 0 Å². The van der Waals surface area contributed by atoms with Crippen molar-refractivity contribution < 1.29 is 27.6 Å². The third-order valence-electron chi connectivity index (χ3n) is 6.82. The Morgan fingerprint density at radius 1 is 1.12 bits per heavy atom. The summed E-state index contributed by atoms with van der Waals surface area (Å²) in [4.78, 5) is 43.6. The van der Waals surface area contributed by atoms with E-state index in [0.29, 0.717) is 12.1 Å². The van der Waals surface area contributed by atoms with Crippen molar-refractivity contribution in [3.05, 3.63) is 47.3 Å². The third kappa shape index (κ3) is 3.20. The van der Waals surface area contributed by atoms with Gasteiger partial charge in [0.05, 0.1) is 29.0 Å². The molecule has 1 aromatic heterocycles. The molecule has 8 nitrogen and oxygen atoms in total. The monoisotopic (exact) mass is 475 g/mol. The van der Waals surface area contributed by atoms with Crippen molar-refractivity contribution in [1.82, 2.24) is 19.6 Å². The van der Waals surface area contributed by atoms with Crippen LogP contribution in [0.2, 0.25) is 0 Å². The van der Waals surface area contributed by atoms with Crippen LogP contribution in [0.1, 0.15) is 48.9 Å². The van der Waals surface area contributed by atoms with Crippen molar-refractivity contribution in [1.29, 1.82) is 0 Å². The number of fused-ring (bicyclic) bond motifs is 5. The van der Waals surface area contributed by atoms with Crippen LogP contribution in [0.3, 0.4) is 0 Å². The number of carbonyl (C=O) groups is 3. The summed E-state index contributed by atoms with van der Waals surface area (Å²) in [5, 5.41) is 4.45. The number of benzene rings is 1. The molecule has 0 spiro atoms. The van der Waals surface area contributed by atoms with Gasteiger partial charge in [0.25, 0.3) is 11.8 Å². The summed E-state index contributed by atoms with van der Waals surface area (Å²) in [6.45, 7) is 6.23. The Morgan fingerprint density at radius 3 is 2.44 bits per heavy atom. The average molecular weight is 475 g/mol. The van der Waals surface area contributed by atoms with Gasteiger partial charge in [0, 0.05) is 19.0 Å². The number of amides is 4. The van der Waals surface area contributed by atoms with Gasteiger partial charge in [-0.2, -0.15) is 18.3 Å². The SMILES string of the molecule is Cn1nc(C(C)(C)C)cc1C(=O)N1CC2CC1C1C(=O)N(c3cccc(C(F)(F)F)c3)C(=O)N21. The summed E-state index contributed by atoms with van der Waals surface area (Å²) in [5.74, 6) is -0.898. The molecule has 3 aliphatic heterocycles. The van der Waals surface area contributed by atoms with Crippen molar-refractivity contribution in [3.8, 4) is 0 Å². The summed E-state index contributed by atoms with van der Waals surface area (Å²) in [6, 6.07) is 3.42. The van der Waals surface area contributed by atoms with E-state index in [4.69, 9.17) is 0 Å². The lowest BCUT2D eigenvalue weighted by molar-refractivity contribution is -0.137. The lowest BCUT2D eigenvalue weighted by Gasteiger charge is -2.34. The van der Waals surface area contributed by atoms with Crippen LogP contribution in [0.5, 0.6) is 0 Å². The first-order valence-electron chi connectivity index (χ1n) is 11.0. The summed E-state index contributed by atoms with van der Waals surface area (Å²) in [7, 11) is 1.68. The zero-order valence-electron chi connectivity index (χ0n) is 19.1. The van der Waals surface area contributed by atoms with E-state index in [2.05, 4.69) is 5.10 Å². The quantitative estimate of drug-likeness (QED) is 0.625. The van der Waals surface area contributed by atoms with Gasteiger partial charge in [-0.1, -0.05) is 26.8 Å². The van der Waals surface area contributed by atoms with Gasteiger partial charge in [0.1, 0.15) is 11.7 Å². The molecule has 3 atom stereocenters. The predicted octanol–water partition coefficient (Wildman–Crippen LogP) is 3.17. The second kappa shape index (κ2) is 7.07. The van der Waals surface area contributed by atoms with E-state index in [1.807, 2.05) is 20.8 Å². The summed E-state index contributed by atoms with van der Waals surface area (Å²) in [6.07, 6.45) is -4.15. The standard InChI is InChI=1S/C23H24F3N5O3/c1-22(2,3)17-10-16(28(4)27-17)19(32)29-11-14-9-15(29)18-20(33)31(21(34)30(14)18)13-7-5-6-12(8-13)23(24,25)26/h5-8,10,14-15,18H,9,11H2,1-4H3. The number of alkyl halides is 3. The number of anilines is 1. The Kier molecular flexibility index (Phi) is 4.66. The lowest BCUT2D eigenvalue weighted by atomic mass is 9.92. The highest BCUT2D eigenvalue weighted by Crippen LogP contribution is 2.43. The van der Waals surface area contributed by atoms with Crippen molar-refractivity contribution in [2.45, 2.75) is 56.9 Å². The maximum absolute atomic E-state index is 13.4. The molecule has 0 aliphatic carbocycles. The van der Waals surface area contributed by atoms with Gasteiger partial charge >= 0.3 is 12.2 Å². The Labute approximate surface area is 193 Å². The molecule has 3 unspecified atom stereocenters. The van der Waals surface area contributed by atoms with Crippen LogP contribution in [0.15, 0.2) is 30.3 Å². The van der Waals surface area contributed by atoms with E-state index >= 15 is 0 Å². The fourth-order valence-corrected chi connectivity index (χ4v) is 5.13. The first-order valence-corrected chi connectivity index (χ1v) is 11.0. The summed E-state index contributed by atoms with van der Waals surface area (Å²) < 4.78 is 41.0. The second-order valence-corrected chi connectivity index (χ2v) is 10.1. The van der Waals surface area contributed by atoms with Gasteiger partial charge in [0.2, 0.25) is 0 Å². The molecule has 2 aromatic rings. The number of urea groups is 1. The summed E-state index contributed by atoms with van der Waals surface area (Å²) >= 11 is 0. The maximum Gasteiger partial charge on any atom is 0.416 e. The number of halogens is 3. The second-order valence-electron chi connectivity index (χ2n) is 10.1. The molecule has 34 heavy (non-hydrogen) atoms. The van der Waals surface area contributed by atoms with Crippen LogP contribution in [-0.2, 0) is 23.4 Å². The molecule has 4 amide bonds. The molecule has 1 aromatic carbocycles. The first kappa shape index (κ1) is 22.4. The number of piperazine rings is 1. The highest BCUT2D eigenvalue weighted by atomic mass is 19.4. The Bertz CT molecular complexity index is 1220. The molecule has 3 saturated heterocycles. The molecular formula is C23H24F3N5O3. The van der Waals surface area contributed by atoms with Crippen LogP contribution in [0, 0.1) is 0 Å². The minimum atomic E-state index is -4.60. The molecule has 0 N–H and O–H groups in total. The predicted molar refractivity (Wildman–Crippen MR) is 115 cm³/mol. The number of aryl methyl sites for hydroxylation is 1. The Morgan fingerprint density at radius 2 is 1.82 bits per heavy atom. The third-order valence-corrected chi connectivity index (χ3v) is 6.82. The van der Waals surface area contributed by atoms with Gasteiger partial charge in [-0.25, -0.2) is 9.69 Å². The Hall–Kier alpha value is -3.37. The molecule has 0 saturated carbocycles. The fourth-order valence-electron chi connectivity index (χ4n) is 5.13. The number of hydrogen-bond donors (Lipinski definition) is 0. The molecule has 180 valence electrons. The molecule has 5 rings (SSSR count). The van der Waals surface area contributed by atoms with Crippen LogP contribution in [0.4, 0.5) is 23.7 Å². The molecule has 3 aliphatic rings. The largest absolute Gasteiger partial charge is 0.416 e. The van der Waals surface area contributed by atoms with Gasteiger partial charge < -0.3 is 9.80 Å². The van der Waals surface area contributed by atoms with Crippen molar-refractivity contribution in [3.63, 3.8) is 0 Å². The zero-order valence-corrected chi connectivity index (χ0v) is 19.1. The highest BCUT2D eigenvalue weighted by molar-refractivity contribution is 6.22. The van der Waals surface area contributed by atoms with Gasteiger partial charge in [-0.15, -0.1) is 0 Å². The normalized spacial score (nSPS) is 24.4. The Balaban J connectivity index is 1.43. The van der Waals surface area contributed by atoms with Gasteiger partial charge in [-0.05, 0) is 30.7 Å². The van der Waals surface area contributed by atoms with Crippen molar-refractivity contribution in [2.75, 3.05) is 11.4 Å². The van der Waals surface area contributed by atoms with E-state index < -0.39 is 35.8 Å². The van der Waals surface area contributed by atoms with E-state index in [9.17, 15) is 27.6 Å². The number of likely N-dealkylation sites (tertiary alicyclic amines) is 1. The highest BCUT2D eigenvalue weighted by Gasteiger charge is 2.63. The number of hydrogen-bond acceptors (Lipinski definition) is 4. The van der Waals surface area contributed by atoms with E-state index in [0.717, 1.165) is 22.7 Å². The molecular weight excluding hydrogens is 451 g/mol. The minimum Gasteiger partial charge on any atom is -0.330 e. The van der Waals surface area contributed by atoms with E-state index in [1.165, 1.54) is 21.7 Å². The number of carbonyl (C=O) groups excluding carboxylic acids is 3.